The first-order valence-electron chi connectivity index (χ1n) is 4.27. The van der Waals surface area contributed by atoms with Crippen LogP contribution in [0.2, 0.25) is 0 Å². The van der Waals surface area contributed by atoms with Gasteiger partial charge in [-0.25, -0.2) is 0 Å². The minimum atomic E-state index is -0.838. The van der Waals surface area contributed by atoms with Crippen LogP contribution in [0, 0.1) is 0 Å². The van der Waals surface area contributed by atoms with E-state index in [0.29, 0.717) is 0 Å². The van der Waals surface area contributed by atoms with Gasteiger partial charge in [0.1, 0.15) is 0 Å². The molecule has 6 heteroatoms. The molecular weight excluding hydrogens is 186 g/mol. The molecule has 0 bridgehead atoms. The summed E-state index contributed by atoms with van der Waals surface area (Å²) in [6, 6.07) is -0.324. The summed E-state index contributed by atoms with van der Waals surface area (Å²) >= 11 is 0. The molecule has 0 spiro atoms. The van der Waals surface area contributed by atoms with Crippen molar-refractivity contribution in [2.75, 3.05) is 0 Å². The van der Waals surface area contributed by atoms with Gasteiger partial charge < -0.3 is 22.3 Å². The van der Waals surface area contributed by atoms with Crippen LogP contribution < -0.4 is 17.2 Å². The van der Waals surface area contributed by atoms with Crippen LogP contribution in [0.25, 0.3) is 0 Å². The Balaban J connectivity index is 0. The summed E-state index contributed by atoms with van der Waals surface area (Å²) in [6.07, 6.45) is 0.333. The number of primary amides is 1. The molecule has 6 nitrogen and oxygen atoms in total. The second kappa shape index (κ2) is 8.46. The van der Waals surface area contributed by atoms with E-state index in [0.717, 1.165) is 0 Å². The molecule has 0 heterocycles. The average molecular weight is 205 g/mol. The minimum absolute atomic E-state index is 0.0556. The minimum Gasteiger partial charge on any atom is -0.481 e. The Morgan fingerprint density at radius 2 is 1.50 bits per heavy atom. The predicted molar refractivity (Wildman–Crippen MR) is 53.4 cm³/mol. The fraction of sp³-hybridized carbons (Fsp3) is 0.750. The van der Waals surface area contributed by atoms with Crippen molar-refractivity contribution < 1.29 is 14.7 Å². The number of hydrogen-bond donors (Lipinski definition) is 4. The molecule has 0 saturated carbocycles. The van der Waals surface area contributed by atoms with Crippen molar-refractivity contribution >= 4 is 11.9 Å². The maximum Gasteiger partial charge on any atom is 0.304 e. The van der Waals surface area contributed by atoms with E-state index in [9.17, 15) is 9.59 Å². The number of rotatable bonds is 4. The number of aliphatic carboxylic acids is 1. The second-order valence-corrected chi connectivity index (χ2v) is 3.22. The van der Waals surface area contributed by atoms with Crippen LogP contribution in [0.15, 0.2) is 0 Å². The first-order chi connectivity index (χ1) is 6.25. The number of carbonyl (C=O) groups excluding carboxylic acids is 1. The molecule has 2 atom stereocenters. The lowest BCUT2D eigenvalue weighted by molar-refractivity contribution is -0.137. The quantitative estimate of drug-likeness (QED) is 0.468. The largest absolute Gasteiger partial charge is 0.481 e. The summed E-state index contributed by atoms with van der Waals surface area (Å²) in [4.78, 5) is 19.7. The lowest BCUT2D eigenvalue weighted by Crippen LogP contribution is -2.24. The highest BCUT2D eigenvalue weighted by molar-refractivity contribution is 5.74. The van der Waals surface area contributed by atoms with Gasteiger partial charge in [0.25, 0.3) is 0 Å². The first-order valence-corrected chi connectivity index (χ1v) is 4.27. The summed E-state index contributed by atoms with van der Waals surface area (Å²) in [7, 11) is 0. The van der Waals surface area contributed by atoms with Crippen LogP contribution >= 0.6 is 0 Å². The molecule has 14 heavy (non-hydrogen) atoms. The van der Waals surface area contributed by atoms with Gasteiger partial charge in [-0.2, -0.15) is 0 Å². The third-order valence-electron chi connectivity index (χ3n) is 1.02. The van der Waals surface area contributed by atoms with E-state index >= 15 is 0 Å². The zero-order valence-electron chi connectivity index (χ0n) is 8.56. The molecule has 0 aromatic carbocycles. The summed E-state index contributed by atoms with van der Waals surface area (Å²) in [6.45, 7) is 3.40. The molecule has 2 unspecified atom stereocenters. The number of amides is 1. The van der Waals surface area contributed by atoms with Gasteiger partial charge in [-0.3, -0.25) is 9.59 Å². The molecular formula is C8H19N3O3. The summed E-state index contributed by atoms with van der Waals surface area (Å²) in [5.74, 6) is -1.18. The normalized spacial score (nSPS) is 13.4. The van der Waals surface area contributed by atoms with Crippen LogP contribution in [0.4, 0.5) is 0 Å². The fourth-order valence-corrected chi connectivity index (χ4v) is 0.593. The lowest BCUT2D eigenvalue weighted by atomic mass is 10.2. The topological polar surface area (TPSA) is 132 Å². The van der Waals surface area contributed by atoms with Gasteiger partial charge in [-0.15, -0.1) is 0 Å². The Morgan fingerprint density at radius 1 is 1.14 bits per heavy atom. The van der Waals surface area contributed by atoms with Crippen LogP contribution in [0.3, 0.4) is 0 Å². The van der Waals surface area contributed by atoms with Gasteiger partial charge in [0.2, 0.25) is 5.91 Å². The molecule has 1 amide bonds. The standard InChI is InChI=1S/C4H10N2O.C4H9NO2/c2*1-3(5)2-4(6)7/h3H,2,5H2,1H3,(H2,6,7);3H,2,5H2,1H3,(H,6,7). The van der Waals surface area contributed by atoms with E-state index in [1.165, 1.54) is 0 Å². The van der Waals surface area contributed by atoms with Gasteiger partial charge in [0, 0.05) is 18.5 Å². The third-order valence-corrected chi connectivity index (χ3v) is 1.02. The van der Waals surface area contributed by atoms with Crippen LogP contribution in [0.5, 0.6) is 0 Å². The van der Waals surface area contributed by atoms with Gasteiger partial charge in [-0.05, 0) is 13.8 Å². The monoisotopic (exact) mass is 205 g/mol. The molecule has 0 aliphatic heterocycles. The highest BCUT2D eigenvalue weighted by atomic mass is 16.4. The smallest absolute Gasteiger partial charge is 0.304 e. The Hall–Kier alpha value is -1.14. The van der Waals surface area contributed by atoms with Gasteiger partial charge in [-0.1, -0.05) is 0 Å². The Kier molecular flexibility index (Phi) is 9.27. The number of carboxylic acid groups (broad SMARTS) is 1. The Morgan fingerprint density at radius 3 is 1.50 bits per heavy atom. The molecule has 0 rings (SSSR count). The Labute approximate surface area is 83.4 Å². The molecule has 0 aliphatic carbocycles. The lowest BCUT2D eigenvalue weighted by Gasteiger charge is -1.96. The maximum atomic E-state index is 9.95. The molecule has 84 valence electrons. The SMILES string of the molecule is CC(N)CC(=O)O.CC(N)CC(N)=O. The van der Waals surface area contributed by atoms with Crippen molar-refractivity contribution in [1.82, 2.24) is 0 Å². The van der Waals surface area contributed by atoms with Crippen molar-refractivity contribution in [2.45, 2.75) is 38.8 Å². The highest BCUT2D eigenvalue weighted by Crippen LogP contribution is 1.82. The predicted octanol–water partition coefficient (Wildman–Crippen LogP) is -0.983. The van der Waals surface area contributed by atoms with Crippen LogP contribution in [-0.2, 0) is 9.59 Å². The first kappa shape index (κ1) is 15.3. The zero-order chi connectivity index (χ0) is 11.7. The fourth-order valence-electron chi connectivity index (χ4n) is 0.593. The third kappa shape index (κ3) is 22.4. The summed E-state index contributed by atoms with van der Waals surface area (Å²) < 4.78 is 0. The molecule has 0 radical (unpaired) electrons. The Bertz CT molecular complexity index is 161. The van der Waals surface area contributed by atoms with E-state index < -0.39 is 5.97 Å². The van der Waals surface area contributed by atoms with Crippen LogP contribution in [-0.4, -0.2) is 29.1 Å². The second-order valence-electron chi connectivity index (χ2n) is 3.22. The van der Waals surface area contributed by atoms with E-state index in [2.05, 4.69) is 0 Å². The summed E-state index contributed by atoms with van der Waals surface area (Å²) in [5, 5.41) is 8.00. The number of carbonyl (C=O) groups is 2. The van der Waals surface area contributed by atoms with E-state index in [4.69, 9.17) is 22.3 Å². The molecule has 7 N–H and O–H groups in total. The van der Waals surface area contributed by atoms with Gasteiger partial charge >= 0.3 is 5.97 Å². The molecule has 0 fully saturated rings. The number of nitrogens with two attached hydrogens (primary N) is 3. The molecule has 0 aromatic heterocycles. The summed E-state index contributed by atoms with van der Waals surface area (Å²) in [5.41, 5.74) is 15.1. The van der Waals surface area contributed by atoms with Crippen molar-refractivity contribution in [2.24, 2.45) is 17.2 Å². The van der Waals surface area contributed by atoms with Crippen molar-refractivity contribution in [3.05, 3.63) is 0 Å². The van der Waals surface area contributed by atoms with Crippen LogP contribution in [0.1, 0.15) is 26.7 Å². The molecule has 0 aliphatic rings. The van der Waals surface area contributed by atoms with E-state index in [-0.39, 0.29) is 30.8 Å². The highest BCUT2D eigenvalue weighted by Gasteiger charge is 1.98. The average Bonchev–Trinajstić information content (AvgIpc) is 1.79. The van der Waals surface area contributed by atoms with E-state index in [1.54, 1.807) is 13.8 Å². The number of hydrogen-bond acceptors (Lipinski definition) is 4. The zero-order valence-corrected chi connectivity index (χ0v) is 8.56. The number of carboxylic acids is 1. The van der Waals surface area contributed by atoms with E-state index in [1.807, 2.05) is 0 Å². The van der Waals surface area contributed by atoms with Crippen molar-refractivity contribution in [3.8, 4) is 0 Å². The van der Waals surface area contributed by atoms with Gasteiger partial charge in [0.05, 0.1) is 6.42 Å². The van der Waals surface area contributed by atoms with Crippen molar-refractivity contribution in [3.63, 3.8) is 0 Å². The molecule has 0 aromatic rings. The molecule has 0 saturated heterocycles. The van der Waals surface area contributed by atoms with Crippen molar-refractivity contribution in [1.29, 1.82) is 0 Å². The van der Waals surface area contributed by atoms with Gasteiger partial charge in [0.15, 0.2) is 0 Å². The maximum absolute atomic E-state index is 9.95.